The third kappa shape index (κ3) is 1.44. The van der Waals surface area contributed by atoms with Gasteiger partial charge in [0.2, 0.25) is 0 Å². The molecule has 0 aromatic heterocycles. The Morgan fingerprint density at radius 3 is 2.69 bits per heavy atom. The Labute approximate surface area is 78.2 Å². The molecule has 1 aromatic rings. The standard InChI is InChI=1S/C11H13NO/c1-9-6-12(7-9)11-5-3-2-4-10(11)8-13/h2-5,8-9H,6-7H2,1H3. The van der Waals surface area contributed by atoms with Gasteiger partial charge in [-0.2, -0.15) is 0 Å². The molecule has 0 bridgehead atoms. The van der Waals surface area contributed by atoms with E-state index in [1.165, 1.54) is 0 Å². The van der Waals surface area contributed by atoms with Crippen LogP contribution in [0.25, 0.3) is 0 Å². The van der Waals surface area contributed by atoms with Crippen molar-refractivity contribution < 1.29 is 4.79 Å². The molecule has 0 amide bonds. The van der Waals surface area contributed by atoms with Crippen molar-refractivity contribution in [1.29, 1.82) is 0 Å². The van der Waals surface area contributed by atoms with Crippen molar-refractivity contribution in [2.24, 2.45) is 5.92 Å². The fraction of sp³-hybridized carbons (Fsp3) is 0.364. The first-order chi connectivity index (χ1) is 6.31. The van der Waals surface area contributed by atoms with Crippen molar-refractivity contribution in [2.75, 3.05) is 18.0 Å². The van der Waals surface area contributed by atoms with Crippen LogP contribution in [0.1, 0.15) is 17.3 Å². The molecule has 2 rings (SSSR count). The van der Waals surface area contributed by atoms with E-state index >= 15 is 0 Å². The number of para-hydroxylation sites is 1. The molecule has 68 valence electrons. The summed E-state index contributed by atoms with van der Waals surface area (Å²) in [7, 11) is 0. The zero-order valence-corrected chi connectivity index (χ0v) is 7.73. The average Bonchev–Trinajstić information content (AvgIpc) is 2.13. The van der Waals surface area contributed by atoms with E-state index in [1.54, 1.807) is 0 Å². The van der Waals surface area contributed by atoms with Gasteiger partial charge in [0.15, 0.2) is 6.29 Å². The average molecular weight is 175 g/mol. The van der Waals surface area contributed by atoms with Crippen molar-refractivity contribution in [2.45, 2.75) is 6.92 Å². The Balaban J connectivity index is 2.24. The van der Waals surface area contributed by atoms with E-state index in [1.807, 2.05) is 24.3 Å². The summed E-state index contributed by atoms with van der Waals surface area (Å²) in [6, 6.07) is 7.75. The fourth-order valence-electron chi connectivity index (χ4n) is 1.77. The molecule has 0 atom stereocenters. The molecule has 1 aliphatic heterocycles. The number of benzene rings is 1. The number of carbonyl (C=O) groups excluding carboxylic acids is 1. The maximum atomic E-state index is 10.7. The smallest absolute Gasteiger partial charge is 0.152 e. The zero-order valence-electron chi connectivity index (χ0n) is 7.73. The first-order valence-electron chi connectivity index (χ1n) is 4.60. The second kappa shape index (κ2) is 3.21. The summed E-state index contributed by atoms with van der Waals surface area (Å²) in [4.78, 5) is 13.0. The lowest BCUT2D eigenvalue weighted by Crippen LogP contribution is -2.45. The van der Waals surface area contributed by atoms with Crippen molar-refractivity contribution in [3.8, 4) is 0 Å². The number of nitrogens with zero attached hydrogens (tertiary/aromatic N) is 1. The molecule has 0 spiro atoms. The van der Waals surface area contributed by atoms with Crippen LogP contribution in [0.4, 0.5) is 5.69 Å². The summed E-state index contributed by atoms with van der Waals surface area (Å²) in [5, 5.41) is 0. The second-order valence-electron chi connectivity index (χ2n) is 3.69. The molecule has 1 saturated heterocycles. The normalized spacial score (nSPS) is 16.8. The van der Waals surface area contributed by atoms with E-state index in [4.69, 9.17) is 0 Å². The van der Waals surface area contributed by atoms with Gasteiger partial charge in [-0.05, 0) is 18.1 Å². The first-order valence-corrected chi connectivity index (χ1v) is 4.60. The third-order valence-electron chi connectivity index (χ3n) is 2.47. The lowest BCUT2D eigenvalue weighted by molar-refractivity contribution is 0.112. The highest BCUT2D eigenvalue weighted by atomic mass is 16.1. The molecule has 13 heavy (non-hydrogen) atoms. The number of aldehydes is 1. The number of rotatable bonds is 2. The van der Waals surface area contributed by atoms with E-state index in [-0.39, 0.29) is 0 Å². The van der Waals surface area contributed by atoms with Gasteiger partial charge in [0.05, 0.1) is 0 Å². The number of hydrogen-bond acceptors (Lipinski definition) is 2. The highest BCUT2D eigenvalue weighted by Crippen LogP contribution is 2.26. The second-order valence-corrected chi connectivity index (χ2v) is 3.69. The molecule has 0 radical (unpaired) electrons. The van der Waals surface area contributed by atoms with E-state index in [0.29, 0.717) is 0 Å². The van der Waals surface area contributed by atoms with E-state index in [0.717, 1.165) is 36.5 Å². The van der Waals surface area contributed by atoms with Gasteiger partial charge in [-0.25, -0.2) is 0 Å². The predicted molar refractivity (Wildman–Crippen MR) is 53.2 cm³/mol. The van der Waals surface area contributed by atoms with Crippen LogP contribution in [-0.2, 0) is 0 Å². The molecule has 1 fully saturated rings. The molecule has 0 N–H and O–H groups in total. The van der Waals surface area contributed by atoms with Crippen LogP contribution >= 0.6 is 0 Å². The maximum absolute atomic E-state index is 10.7. The lowest BCUT2D eigenvalue weighted by Gasteiger charge is -2.39. The monoisotopic (exact) mass is 175 g/mol. The highest BCUT2D eigenvalue weighted by Gasteiger charge is 2.23. The van der Waals surface area contributed by atoms with Gasteiger partial charge in [-0.1, -0.05) is 19.1 Å². The van der Waals surface area contributed by atoms with Crippen LogP contribution in [-0.4, -0.2) is 19.4 Å². The quantitative estimate of drug-likeness (QED) is 0.640. The topological polar surface area (TPSA) is 20.3 Å². The van der Waals surface area contributed by atoms with Gasteiger partial charge < -0.3 is 4.90 Å². The van der Waals surface area contributed by atoms with Gasteiger partial charge in [0.1, 0.15) is 0 Å². The van der Waals surface area contributed by atoms with Crippen LogP contribution in [0.3, 0.4) is 0 Å². The molecule has 0 aliphatic carbocycles. The Morgan fingerprint density at radius 1 is 1.38 bits per heavy atom. The molecule has 1 aliphatic rings. The van der Waals surface area contributed by atoms with Crippen LogP contribution < -0.4 is 4.90 Å². The van der Waals surface area contributed by atoms with Gasteiger partial charge in [0, 0.05) is 24.3 Å². The van der Waals surface area contributed by atoms with Gasteiger partial charge in [-0.15, -0.1) is 0 Å². The Kier molecular flexibility index (Phi) is 2.05. The summed E-state index contributed by atoms with van der Waals surface area (Å²) in [5.41, 5.74) is 1.88. The van der Waals surface area contributed by atoms with Gasteiger partial charge >= 0.3 is 0 Å². The molecule has 0 saturated carbocycles. The minimum Gasteiger partial charge on any atom is -0.370 e. The SMILES string of the molecule is CC1CN(c2ccccc2C=O)C1. The Hall–Kier alpha value is -1.31. The van der Waals surface area contributed by atoms with Crippen LogP contribution in [0.15, 0.2) is 24.3 Å². The molecule has 0 unspecified atom stereocenters. The molecule has 2 heteroatoms. The van der Waals surface area contributed by atoms with Crippen LogP contribution in [0, 0.1) is 5.92 Å². The molecular weight excluding hydrogens is 162 g/mol. The van der Waals surface area contributed by atoms with Gasteiger partial charge in [-0.3, -0.25) is 4.79 Å². The molecule has 2 nitrogen and oxygen atoms in total. The highest BCUT2D eigenvalue weighted by molar-refractivity contribution is 5.84. The Bertz CT molecular complexity index is 316. The maximum Gasteiger partial charge on any atom is 0.152 e. The van der Waals surface area contributed by atoms with Crippen LogP contribution in [0.5, 0.6) is 0 Å². The lowest BCUT2D eigenvalue weighted by atomic mass is 10.0. The predicted octanol–water partition coefficient (Wildman–Crippen LogP) is 1.96. The van der Waals surface area contributed by atoms with Crippen LogP contribution in [0.2, 0.25) is 0 Å². The minimum atomic E-state index is 0.764. The molecule has 1 heterocycles. The molecular formula is C11H13NO. The summed E-state index contributed by atoms with van der Waals surface area (Å²) in [6.07, 6.45) is 0.929. The van der Waals surface area contributed by atoms with Gasteiger partial charge in [0.25, 0.3) is 0 Å². The van der Waals surface area contributed by atoms with Crippen molar-refractivity contribution >= 4 is 12.0 Å². The summed E-state index contributed by atoms with van der Waals surface area (Å²) >= 11 is 0. The number of anilines is 1. The first kappa shape index (κ1) is 8.30. The van der Waals surface area contributed by atoms with Crippen molar-refractivity contribution in [3.05, 3.63) is 29.8 Å². The van der Waals surface area contributed by atoms with Crippen molar-refractivity contribution in [3.63, 3.8) is 0 Å². The van der Waals surface area contributed by atoms with E-state index < -0.39 is 0 Å². The summed E-state index contributed by atoms with van der Waals surface area (Å²) < 4.78 is 0. The molecule has 1 aromatic carbocycles. The summed E-state index contributed by atoms with van der Waals surface area (Å²) in [6.45, 7) is 4.37. The number of hydrogen-bond donors (Lipinski definition) is 0. The largest absolute Gasteiger partial charge is 0.370 e. The number of carbonyl (C=O) groups is 1. The minimum absolute atomic E-state index is 0.764. The zero-order chi connectivity index (χ0) is 9.26. The van der Waals surface area contributed by atoms with E-state index in [9.17, 15) is 4.79 Å². The fourth-order valence-corrected chi connectivity index (χ4v) is 1.77. The van der Waals surface area contributed by atoms with Crippen molar-refractivity contribution in [1.82, 2.24) is 0 Å². The third-order valence-corrected chi connectivity index (χ3v) is 2.47. The summed E-state index contributed by atoms with van der Waals surface area (Å²) in [5.74, 6) is 0.764. The Morgan fingerprint density at radius 2 is 2.08 bits per heavy atom. The van der Waals surface area contributed by atoms with E-state index in [2.05, 4.69) is 11.8 Å².